The van der Waals surface area contributed by atoms with Crippen molar-refractivity contribution in [2.45, 2.75) is 25.3 Å². The van der Waals surface area contributed by atoms with Crippen molar-refractivity contribution in [3.05, 3.63) is 0 Å². The predicted molar refractivity (Wildman–Crippen MR) is 68.0 cm³/mol. The first-order chi connectivity index (χ1) is 9.03. The van der Waals surface area contributed by atoms with Gasteiger partial charge in [-0.25, -0.2) is 9.59 Å². The van der Waals surface area contributed by atoms with Crippen LogP contribution in [0.15, 0.2) is 0 Å². The molecule has 0 aromatic carbocycles. The van der Waals surface area contributed by atoms with E-state index in [2.05, 4.69) is 10.6 Å². The zero-order valence-corrected chi connectivity index (χ0v) is 11.4. The predicted octanol–water partition coefficient (Wildman–Crippen LogP) is 0.202. The van der Waals surface area contributed by atoms with Crippen molar-refractivity contribution >= 4 is 12.0 Å². The van der Waals surface area contributed by atoms with E-state index in [0.29, 0.717) is 13.2 Å². The van der Waals surface area contributed by atoms with Crippen LogP contribution < -0.4 is 10.6 Å². The zero-order valence-electron chi connectivity index (χ0n) is 11.4. The molecule has 19 heavy (non-hydrogen) atoms. The number of nitrogens with one attached hydrogen (secondary N) is 2. The van der Waals surface area contributed by atoms with Gasteiger partial charge in [0.2, 0.25) is 0 Å². The second-order valence-electron chi connectivity index (χ2n) is 4.92. The molecule has 3 N–H and O–H groups in total. The number of methoxy groups -OCH3 is 2. The molecule has 1 aliphatic carbocycles. The van der Waals surface area contributed by atoms with Crippen molar-refractivity contribution in [3.63, 3.8) is 0 Å². The van der Waals surface area contributed by atoms with Crippen LogP contribution in [0, 0.1) is 5.41 Å². The molecule has 0 bridgehead atoms. The maximum Gasteiger partial charge on any atom is 0.328 e. The molecule has 1 fully saturated rings. The summed E-state index contributed by atoms with van der Waals surface area (Å²) in [5.74, 6) is -1.11. The lowest BCUT2D eigenvalue weighted by molar-refractivity contribution is -0.140. The minimum absolute atomic E-state index is 0.0580. The highest BCUT2D eigenvalue weighted by Crippen LogP contribution is 2.48. The van der Waals surface area contributed by atoms with Crippen LogP contribution in [0.5, 0.6) is 0 Å². The van der Waals surface area contributed by atoms with Crippen LogP contribution in [-0.2, 0) is 14.3 Å². The molecule has 0 heterocycles. The number of urea groups is 1. The average molecular weight is 274 g/mol. The first-order valence-corrected chi connectivity index (χ1v) is 6.28. The van der Waals surface area contributed by atoms with E-state index in [1.54, 1.807) is 7.11 Å². The number of aliphatic carboxylic acids is 1. The number of rotatable bonds is 9. The van der Waals surface area contributed by atoms with Gasteiger partial charge in [-0.1, -0.05) is 0 Å². The van der Waals surface area contributed by atoms with Crippen molar-refractivity contribution in [2.75, 3.05) is 34.0 Å². The molecular formula is C12H22N2O5. The maximum absolute atomic E-state index is 11.6. The number of ether oxygens (including phenoxy) is 2. The molecular weight excluding hydrogens is 252 g/mol. The fraction of sp³-hybridized carbons (Fsp3) is 0.833. The molecule has 1 unspecified atom stereocenters. The van der Waals surface area contributed by atoms with Gasteiger partial charge in [-0.3, -0.25) is 0 Å². The van der Waals surface area contributed by atoms with Crippen molar-refractivity contribution in [3.8, 4) is 0 Å². The van der Waals surface area contributed by atoms with Gasteiger partial charge in [-0.15, -0.1) is 0 Å². The Kier molecular flexibility index (Phi) is 6.04. The Morgan fingerprint density at radius 1 is 1.32 bits per heavy atom. The molecule has 7 heteroatoms. The van der Waals surface area contributed by atoms with Crippen LogP contribution >= 0.6 is 0 Å². The Bertz CT molecular complexity index is 317. The molecule has 2 amide bonds. The first-order valence-electron chi connectivity index (χ1n) is 6.28. The fourth-order valence-electron chi connectivity index (χ4n) is 1.83. The van der Waals surface area contributed by atoms with E-state index in [9.17, 15) is 9.59 Å². The third kappa shape index (κ3) is 5.44. The summed E-state index contributed by atoms with van der Waals surface area (Å²) < 4.78 is 9.77. The van der Waals surface area contributed by atoms with Gasteiger partial charge < -0.3 is 25.2 Å². The van der Waals surface area contributed by atoms with Gasteiger partial charge >= 0.3 is 12.0 Å². The summed E-state index contributed by atoms with van der Waals surface area (Å²) in [4.78, 5) is 22.4. The van der Waals surface area contributed by atoms with E-state index in [-0.39, 0.29) is 12.0 Å². The SMILES string of the molecule is COCCC1(CNC(=O)NC(COC)C(=O)O)CC1. The summed E-state index contributed by atoms with van der Waals surface area (Å²) in [7, 11) is 3.04. The van der Waals surface area contributed by atoms with Crippen molar-refractivity contribution in [2.24, 2.45) is 5.41 Å². The highest BCUT2D eigenvalue weighted by molar-refractivity contribution is 5.82. The second-order valence-corrected chi connectivity index (χ2v) is 4.92. The number of hydrogen-bond donors (Lipinski definition) is 3. The first kappa shape index (κ1) is 15.7. The van der Waals surface area contributed by atoms with Crippen LogP contribution in [0.1, 0.15) is 19.3 Å². The molecule has 0 aromatic heterocycles. The smallest absolute Gasteiger partial charge is 0.328 e. The van der Waals surface area contributed by atoms with Gasteiger partial charge in [0.1, 0.15) is 0 Å². The van der Waals surface area contributed by atoms with Crippen LogP contribution in [0.3, 0.4) is 0 Å². The van der Waals surface area contributed by atoms with E-state index in [1.807, 2.05) is 0 Å². The highest BCUT2D eigenvalue weighted by Gasteiger charge is 2.42. The highest BCUT2D eigenvalue weighted by atomic mass is 16.5. The van der Waals surface area contributed by atoms with Gasteiger partial charge in [-0.05, 0) is 24.7 Å². The molecule has 0 aliphatic heterocycles. The van der Waals surface area contributed by atoms with E-state index >= 15 is 0 Å². The molecule has 1 saturated carbocycles. The second kappa shape index (κ2) is 7.30. The maximum atomic E-state index is 11.6. The third-order valence-electron chi connectivity index (χ3n) is 3.35. The van der Waals surface area contributed by atoms with Crippen molar-refractivity contribution in [1.82, 2.24) is 10.6 Å². The lowest BCUT2D eigenvalue weighted by atomic mass is 10.0. The molecule has 110 valence electrons. The Labute approximate surface area is 112 Å². The van der Waals surface area contributed by atoms with Crippen LogP contribution in [0.2, 0.25) is 0 Å². The molecule has 1 aliphatic rings. The normalized spacial score (nSPS) is 17.6. The Morgan fingerprint density at radius 3 is 2.47 bits per heavy atom. The molecule has 0 spiro atoms. The summed E-state index contributed by atoms with van der Waals surface area (Å²) in [6.07, 6.45) is 3.04. The lowest BCUT2D eigenvalue weighted by Gasteiger charge is -2.18. The molecule has 0 saturated heterocycles. The number of carbonyl (C=O) groups is 2. The molecule has 1 rings (SSSR count). The fourth-order valence-corrected chi connectivity index (χ4v) is 1.83. The summed E-state index contributed by atoms with van der Waals surface area (Å²) in [5.41, 5.74) is 0.132. The average Bonchev–Trinajstić information content (AvgIpc) is 3.14. The molecule has 0 radical (unpaired) electrons. The van der Waals surface area contributed by atoms with Crippen LogP contribution in [0.4, 0.5) is 4.79 Å². The van der Waals surface area contributed by atoms with Gasteiger partial charge in [0.15, 0.2) is 6.04 Å². The topological polar surface area (TPSA) is 96.9 Å². The zero-order chi connectivity index (χ0) is 14.3. The molecule has 0 aromatic rings. The van der Waals surface area contributed by atoms with E-state index in [0.717, 1.165) is 19.3 Å². The van der Waals surface area contributed by atoms with E-state index in [1.165, 1.54) is 7.11 Å². The number of amides is 2. The van der Waals surface area contributed by atoms with Gasteiger partial charge in [0, 0.05) is 27.4 Å². The Morgan fingerprint density at radius 2 is 2.00 bits per heavy atom. The minimum Gasteiger partial charge on any atom is -0.480 e. The van der Waals surface area contributed by atoms with Crippen molar-refractivity contribution in [1.29, 1.82) is 0 Å². The summed E-state index contributed by atoms with van der Waals surface area (Å²) >= 11 is 0. The molecule has 7 nitrogen and oxygen atoms in total. The lowest BCUT2D eigenvalue weighted by Crippen LogP contribution is -2.49. The van der Waals surface area contributed by atoms with Gasteiger partial charge in [-0.2, -0.15) is 0 Å². The Hall–Kier alpha value is -1.34. The van der Waals surface area contributed by atoms with Gasteiger partial charge in [0.25, 0.3) is 0 Å². The standard InChI is InChI=1S/C12H22N2O5/c1-18-6-5-12(3-4-12)8-13-11(17)14-9(7-19-2)10(15)16/h9H,3-8H2,1-2H3,(H,15,16)(H2,13,14,17). The summed E-state index contributed by atoms with van der Waals surface area (Å²) in [6, 6.07) is -1.51. The Balaban J connectivity index is 2.29. The largest absolute Gasteiger partial charge is 0.480 e. The van der Waals surface area contributed by atoms with Crippen molar-refractivity contribution < 1.29 is 24.2 Å². The van der Waals surface area contributed by atoms with Crippen LogP contribution in [0.25, 0.3) is 0 Å². The van der Waals surface area contributed by atoms with Crippen LogP contribution in [-0.4, -0.2) is 57.1 Å². The monoisotopic (exact) mass is 274 g/mol. The number of hydrogen-bond acceptors (Lipinski definition) is 4. The summed E-state index contributed by atoms with van der Waals surface area (Å²) in [6.45, 7) is 1.16. The quantitative estimate of drug-likeness (QED) is 0.558. The number of carbonyl (C=O) groups excluding carboxylic acids is 1. The number of carboxylic acids is 1. The van der Waals surface area contributed by atoms with E-state index in [4.69, 9.17) is 14.6 Å². The van der Waals surface area contributed by atoms with Gasteiger partial charge in [0.05, 0.1) is 6.61 Å². The summed E-state index contributed by atoms with van der Waals surface area (Å²) in [5, 5.41) is 14.0. The minimum atomic E-state index is -1.11. The molecule has 1 atom stereocenters. The third-order valence-corrected chi connectivity index (χ3v) is 3.35. The van der Waals surface area contributed by atoms with E-state index < -0.39 is 18.0 Å². The number of carboxylic acid groups (broad SMARTS) is 1.